The van der Waals surface area contributed by atoms with Crippen LogP contribution in [0.5, 0.6) is 0 Å². The summed E-state index contributed by atoms with van der Waals surface area (Å²) in [5, 5.41) is 3.28. The summed E-state index contributed by atoms with van der Waals surface area (Å²) in [7, 11) is -1.28. The van der Waals surface area contributed by atoms with E-state index in [2.05, 4.69) is 25.2 Å². The molecule has 0 bridgehead atoms. The molecule has 1 aromatic heterocycles. The second-order valence-corrected chi connectivity index (χ2v) is 8.27. The van der Waals surface area contributed by atoms with Crippen molar-refractivity contribution in [2.24, 2.45) is 0 Å². The minimum atomic E-state index is -3.18. The molecule has 1 N–H and O–H groups in total. The van der Waals surface area contributed by atoms with Crippen molar-refractivity contribution >= 4 is 21.2 Å². The topological polar surface area (TPSA) is 46.2 Å². The summed E-state index contributed by atoms with van der Waals surface area (Å²) >= 11 is 1.74. The van der Waals surface area contributed by atoms with E-state index in [4.69, 9.17) is 0 Å². The van der Waals surface area contributed by atoms with Crippen molar-refractivity contribution in [3.63, 3.8) is 0 Å². The predicted molar refractivity (Wildman–Crippen MR) is 84.2 cm³/mol. The van der Waals surface area contributed by atoms with Crippen LogP contribution in [0.15, 0.2) is 35.2 Å². The lowest BCUT2D eigenvalue weighted by atomic mass is 10.0. The molecule has 20 heavy (non-hydrogen) atoms. The molecule has 1 atom stereocenters. The Hall–Kier alpha value is -1.17. The summed E-state index contributed by atoms with van der Waals surface area (Å²) in [5.74, 6) is 0. The molecule has 5 heteroatoms. The van der Waals surface area contributed by atoms with Gasteiger partial charge in [-0.25, -0.2) is 8.42 Å². The van der Waals surface area contributed by atoms with E-state index in [-0.39, 0.29) is 6.04 Å². The average molecular weight is 309 g/mol. The van der Waals surface area contributed by atoms with Gasteiger partial charge in [-0.05, 0) is 50.2 Å². The zero-order valence-electron chi connectivity index (χ0n) is 12.1. The Balaban J connectivity index is 2.50. The molecule has 1 unspecified atom stereocenters. The molecular formula is C15H19NO2S2. The van der Waals surface area contributed by atoms with Crippen LogP contribution in [-0.2, 0) is 9.84 Å². The summed E-state index contributed by atoms with van der Waals surface area (Å²) in [6, 6.07) is 9.33. The monoisotopic (exact) mass is 309 g/mol. The number of hydrogen-bond donors (Lipinski definition) is 1. The van der Waals surface area contributed by atoms with Crippen LogP contribution in [0.1, 0.15) is 26.9 Å². The van der Waals surface area contributed by atoms with E-state index in [1.807, 2.05) is 13.1 Å². The van der Waals surface area contributed by atoms with Gasteiger partial charge in [-0.3, -0.25) is 0 Å². The predicted octanol–water partition coefficient (Wildman–Crippen LogP) is 3.08. The minimum Gasteiger partial charge on any atom is -0.309 e. The van der Waals surface area contributed by atoms with E-state index in [1.165, 1.54) is 21.6 Å². The molecule has 0 amide bonds. The number of aryl methyl sites for hydroxylation is 2. The first-order chi connectivity index (χ1) is 9.32. The van der Waals surface area contributed by atoms with Crippen molar-refractivity contribution in [3.05, 3.63) is 51.2 Å². The maximum atomic E-state index is 11.7. The van der Waals surface area contributed by atoms with Crippen LogP contribution in [0.4, 0.5) is 0 Å². The van der Waals surface area contributed by atoms with Crippen molar-refractivity contribution in [1.29, 1.82) is 0 Å². The molecule has 2 rings (SSSR count). The molecule has 1 heterocycles. The maximum Gasteiger partial charge on any atom is 0.175 e. The standard InChI is InChI=1S/C15H19NO2S2/c1-10-8-11(2)19-15(10)14(16-3)12-6-5-7-13(9-12)20(4,17)18/h5-9,14,16H,1-4H3. The largest absolute Gasteiger partial charge is 0.309 e. The molecule has 0 saturated heterocycles. The first kappa shape index (κ1) is 15.2. The number of hydrogen-bond acceptors (Lipinski definition) is 4. The first-order valence-corrected chi connectivity index (χ1v) is 9.08. The van der Waals surface area contributed by atoms with Gasteiger partial charge >= 0.3 is 0 Å². The van der Waals surface area contributed by atoms with E-state index >= 15 is 0 Å². The summed E-state index contributed by atoms with van der Waals surface area (Å²) in [6.45, 7) is 4.17. The quantitative estimate of drug-likeness (QED) is 0.944. The van der Waals surface area contributed by atoms with Gasteiger partial charge in [0.15, 0.2) is 9.84 Å². The van der Waals surface area contributed by atoms with Gasteiger partial charge in [0.25, 0.3) is 0 Å². The molecule has 0 aliphatic rings. The Bertz CT molecular complexity index is 717. The van der Waals surface area contributed by atoms with Crippen LogP contribution in [-0.4, -0.2) is 21.7 Å². The smallest absolute Gasteiger partial charge is 0.175 e. The van der Waals surface area contributed by atoms with E-state index < -0.39 is 9.84 Å². The third kappa shape index (κ3) is 3.11. The fourth-order valence-electron chi connectivity index (χ4n) is 2.32. The second kappa shape index (κ2) is 5.68. The fourth-order valence-corrected chi connectivity index (χ4v) is 4.17. The number of rotatable bonds is 4. The Kier molecular flexibility index (Phi) is 4.32. The molecule has 3 nitrogen and oxygen atoms in total. The average Bonchev–Trinajstić information content (AvgIpc) is 2.69. The third-order valence-corrected chi connectivity index (χ3v) is 5.58. The molecule has 0 fully saturated rings. The molecule has 108 valence electrons. The van der Waals surface area contributed by atoms with Gasteiger partial charge in [0.2, 0.25) is 0 Å². The number of thiophene rings is 1. The summed E-state index contributed by atoms with van der Waals surface area (Å²) in [4.78, 5) is 2.86. The third-order valence-electron chi connectivity index (χ3n) is 3.25. The Labute approximate surface area is 124 Å². The van der Waals surface area contributed by atoms with Crippen LogP contribution >= 0.6 is 11.3 Å². The van der Waals surface area contributed by atoms with Crippen molar-refractivity contribution < 1.29 is 8.42 Å². The lowest BCUT2D eigenvalue weighted by Crippen LogP contribution is -2.17. The molecule has 0 aliphatic carbocycles. The van der Waals surface area contributed by atoms with Gasteiger partial charge in [-0.2, -0.15) is 0 Å². The summed E-state index contributed by atoms with van der Waals surface area (Å²) < 4.78 is 23.4. The molecule has 0 spiro atoms. The highest BCUT2D eigenvalue weighted by Crippen LogP contribution is 2.32. The SMILES string of the molecule is CNC(c1cccc(S(C)(=O)=O)c1)c1sc(C)cc1C. The van der Waals surface area contributed by atoms with Crippen LogP contribution < -0.4 is 5.32 Å². The highest BCUT2D eigenvalue weighted by Gasteiger charge is 2.18. The zero-order valence-corrected chi connectivity index (χ0v) is 13.7. The zero-order chi connectivity index (χ0) is 14.9. The molecule has 1 aromatic carbocycles. The van der Waals surface area contributed by atoms with Crippen molar-refractivity contribution in [3.8, 4) is 0 Å². The number of nitrogens with one attached hydrogen (secondary N) is 1. The van der Waals surface area contributed by atoms with Gasteiger partial charge < -0.3 is 5.32 Å². The highest BCUT2D eigenvalue weighted by atomic mass is 32.2. The number of benzene rings is 1. The van der Waals surface area contributed by atoms with E-state index in [9.17, 15) is 8.42 Å². The summed E-state index contributed by atoms with van der Waals surface area (Å²) in [5.41, 5.74) is 2.21. The van der Waals surface area contributed by atoms with Crippen molar-refractivity contribution in [1.82, 2.24) is 5.32 Å². The van der Waals surface area contributed by atoms with Crippen LogP contribution in [0, 0.1) is 13.8 Å². The second-order valence-electron chi connectivity index (χ2n) is 4.97. The van der Waals surface area contributed by atoms with Crippen molar-refractivity contribution in [2.45, 2.75) is 24.8 Å². The highest BCUT2D eigenvalue weighted by molar-refractivity contribution is 7.90. The van der Waals surface area contributed by atoms with Gasteiger partial charge in [0.1, 0.15) is 0 Å². The van der Waals surface area contributed by atoms with Crippen LogP contribution in [0.2, 0.25) is 0 Å². The summed E-state index contributed by atoms with van der Waals surface area (Å²) in [6.07, 6.45) is 1.24. The van der Waals surface area contributed by atoms with Crippen LogP contribution in [0.3, 0.4) is 0 Å². The molecule has 0 radical (unpaired) electrons. The van der Waals surface area contributed by atoms with Crippen molar-refractivity contribution in [2.75, 3.05) is 13.3 Å². The Morgan fingerprint density at radius 2 is 1.90 bits per heavy atom. The Morgan fingerprint density at radius 3 is 2.40 bits per heavy atom. The normalized spacial score (nSPS) is 13.4. The fraction of sp³-hybridized carbons (Fsp3) is 0.333. The van der Waals surface area contributed by atoms with Gasteiger partial charge in [0, 0.05) is 16.0 Å². The van der Waals surface area contributed by atoms with E-state index in [0.717, 1.165) is 5.56 Å². The lowest BCUT2D eigenvalue weighted by Gasteiger charge is -2.17. The first-order valence-electron chi connectivity index (χ1n) is 6.37. The molecule has 0 saturated carbocycles. The Morgan fingerprint density at radius 1 is 1.20 bits per heavy atom. The molecular weight excluding hydrogens is 290 g/mol. The maximum absolute atomic E-state index is 11.7. The lowest BCUT2D eigenvalue weighted by molar-refractivity contribution is 0.601. The van der Waals surface area contributed by atoms with Gasteiger partial charge in [0.05, 0.1) is 10.9 Å². The molecule has 0 aliphatic heterocycles. The van der Waals surface area contributed by atoms with Gasteiger partial charge in [-0.1, -0.05) is 12.1 Å². The molecule has 2 aromatic rings. The van der Waals surface area contributed by atoms with Crippen LogP contribution in [0.25, 0.3) is 0 Å². The van der Waals surface area contributed by atoms with E-state index in [1.54, 1.807) is 29.5 Å². The van der Waals surface area contributed by atoms with E-state index in [0.29, 0.717) is 4.90 Å². The van der Waals surface area contributed by atoms with Gasteiger partial charge in [-0.15, -0.1) is 11.3 Å². The minimum absolute atomic E-state index is 0.0235. The number of sulfone groups is 1.